The van der Waals surface area contributed by atoms with Gasteiger partial charge in [-0.15, -0.1) is 11.3 Å². The molecule has 3 nitrogen and oxygen atoms in total. The Bertz CT molecular complexity index is 613. The Hall–Kier alpha value is -1.40. The molecule has 2 rings (SSSR count). The first-order valence-corrected chi connectivity index (χ1v) is 8.14. The lowest BCUT2D eigenvalue weighted by Gasteiger charge is -2.05. The van der Waals surface area contributed by atoms with Crippen molar-refractivity contribution in [2.75, 3.05) is 6.26 Å². The van der Waals surface area contributed by atoms with Crippen LogP contribution in [0.5, 0.6) is 0 Å². The summed E-state index contributed by atoms with van der Waals surface area (Å²) in [5.41, 5.74) is 1.38. The average Bonchev–Trinajstić information content (AvgIpc) is 2.78. The maximum Gasteiger partial charge on any atom is 0.225 e. The number of nitrogens with one attached hydrogen (secondary N) is 1. The third-order valence-corrected chi connectivity index (χ3v) is 4.95. The van der Waals surface area contributed by atoms with Crippen LogP contribution in [0.4, 0.5) is 4.39 Å². The van der Waals surface area contributed by atoms with E-state index in [0.717, 1.165) is 14.9 Å². The van der Waals surface area contributed by atoms with Gasteiger partial charge in [0.2, 0.25) is 5.91 Å². The van der Waals surface area contributed by atoms with Crippen LogP contribution >= 0.6 is 23.1 Å². The maximum atomic E-state index is 13.4. The second-order valence-electron chi connectivity index (χ2n) is 4.24. The van der Waals surface area contributed by atoms with Gasteiger partial charge in [-0.25, -0.2) is 9.37 Å². The molecule has 2 aromatic rings. The number of nitrogens with zero attached hydrogens (tertiary/aromatic N) is 1. The molecule has 1 aromatic carbocycles. The third-order valence-electron chi connectivity index (χ3n) is 2.80. The van der Waals surface area contributed by atoms with Gasteiger partial charge in [-0.2, -0.15) is 0 Å². The van der Waals surface area contributed by atoms with Gasteiger partial charge in [-0.3, -0.25) is 4.79 Å². The van der Waals surface area contributed by atoms with Gasteiger partial charge in [-0.1, -0.05) is 30.0 Å². The molecule has 0 bridgehead atoms. The molecule has 20 heavy (non-hydrogen) atoms. The zero-order valence-corrected chi connectivity index (χ0v) is 12.9. The molecule has 0 atom stereocenters. The molecule has 0 fully saturated rings. The van der Waals surface area contributed by atoms with Crippen LogP contribution in [0.25, 0.3) is 0 Å². The van der Waals surface area contributed by atoms with Gasteiger partial charge in [0, 0.05) is 17.0 Å². The fraction of sp³-hybridized carbons (Fsp3) is 0.286. The molecule has 1 heterocycles. The van der Waals surface area contributed by atoms with Crippen molar-refractivity contribution in [3.8, 4) is 0 Å². The third kappa shape index (κ3) is 3.80. The first-order valence-electron chi connectivity index (χ1n) is 6.10. The molecule has 0 radical (unpaired) electrons. The normalized spacial score (nSPS) is 10.6. The van der Waals surface area contributed by atoms with E-state index >= 15 is 0 Å². The summed E-state index contributed by atoms with van der Waals surface area (Å²) in [5.74, 6) is -0.418. The first-order chi connectivity index (χ1) is 9.60. The first kappa shape index (κ1) is 15.0. The largest absolute Gasteiger partial charge is 0.352 e. The van der Waals surface area contributed by atoms with Gasteiger partial charge in [0.05, 0.1) is 12.1 Å². The fourth-order valence-corrected chi connectivity index (χ4v) is 3.35. The minimum atomic E-state index is -0.300. The number of hydrogen-bond donors (Lipinski definition) is 1. The topological polar surface area (TPSA) is 42.0 Å². The number of halogens is 1. The van der Waals surface area contributed by atoms with E-state index in [0.29, 0.717) is 12.0 Å². The number of aromatic nitrogens is 1. The molecule has 1 aromatic heterocycles. The number of thioether (sulfide) groups is 1. The molecule has 1 amide bonds. The van der Waals surface area contributed by atoms with E-state index < -0.39 is 0 Å². The zero-order chi connectivity index (χ0) is 14.5. The smallest absolute Gasteiger partial charge is 0.225 e. The number of thiazole rings is 1. The molecule has 0 aliphatic heterocycles. The van der Waals surface area contributed by atoms with Crippen LogP contribution in [0.3, 0.4) is 0 Å². The predicted molar refractivity (Wildman–Crippen MR) is 80.6 cm³/mol. The molecule has 0 aliphatic rings. The number of aryl methyl sites for hydroxylation is 1. The molecule has 0 aliphatic carbocycles. The summed E-state index contributed by atoms with van der Waals surface area (Å²) < 4.78 is 14.4. The quantitative estimate of drug-likeness (QED) is 0.863. The Balaban J connectivity index is 1.92. The SMILES string of the molecule is CSc1nc(C)c(CC(=O)NCc2ccccc2F)s1. The Morgan fingerprint density at radius 1 is 1.45 bits per heavy atom. The van der Waals surface area contributed by atoms with Gasteiger partial charge >= 0.3 is 0 Å². The van der Waals surface area contributed by atoms with Gasteiger partial charge in [-0.05, 0) is 19.2 Å². The van der Waals surface area contributed by atoms with E-state index in [2.05, 4.69) is 10.3 Å². The Morgan fingerprint density at radius 2 is 2.20 bits per heavy atom. The number of rotatable bonds is 5. The molecule has 0 saturated heterocycles. The van der Waals surface area contributed by atoms with Crippen molar-refractivity contribution in [3.05, 3.63) is 46.2 Å². The summed E-state index contributed by atoms with van der Waals surface area (Å²) in [6.45, 7) is 2.11. The maximum absolute atomic E-state index is 13.4. The number of carbonyl (C=O) groups excluding carboxylic acids is 1. The lowest BCUT2D eigenvalue weighted by atomic mass is 10.2. The van der Waals surface area contributed by atoms with Crippen molar-refractivity contribution in [2.45, 2.75) is 24.2 Å². The monoisotopic (exact) mass is 310 g/mol. The number of benzene rings is 1. The Morgan fingerprint density at radius 3 is 2.85 bits per heavy atom. The highest BCUT2D eigenvalue weighted by molar-refractivity contribution is 8.00. The van der Waals surface area contributed by atoms with Crippen molar-refractivity contribution in [1.29, 1.82) is 0 Å². The summed E-state index contributed by atoms with van der Waals surface area (Å²) >= 11 is 3.10. The van der Waals surface area contributed by atoms with E-state index in [-0.39, 0.29) is 18.3 Å². The Labute approximate surface area is 125 Å². The molecule has 6 heteroatoms. The molecular formula is C14H15FN2OS2. The van der Waals surface area contributed by atoms with Gasteiger partial charge < -0.3 is 5.32 Å². The molecule has 106 valence electrons. The van der Waals surface area contributed by atoms with Gasteiger partial charge in [0.15, 0.2) is 0 Å². The van der Waals surface area contributed by atoms with Crippen LogP contribution in [0.2, 0.25) is 0 Å². The van der Waals surface area contributed by atoms with Crippen LogP contribution in [0.15, 0.2) is 28.6 Å². The van der Waals surface area contributed by atoms with Crippen LogP contribution in [-0.2, 0) is 17.8 Å². The number of hydrogen-bond acceptors (Lipinski definition) is 4. The second kappa shape index (κ2) is 6.85. The van der Waals surface area contributed by atoms with Crippen LogP contribution in [0.1, 0.15) is 16.1 Å². The predicted octanol–water partition coefficient (Wildman–Crippen LogP) is 3.17. The van der Waals surface area contributed by atoms with Crippen molar-refractivity contribution in [3.63, 3.8) is 0 Å². The highest BCUT2D eigenvalue weighted by Crippen LogP contribution is 2.25. The standard InChI is InChI=1S/C14H15FN2OS2/c1-9-12(20-14(17-9)19-2)7-13(18)16-8-10-5-3-4-6-11(10)15/h3-6H,7-8H2,1-2H3,(H,16,18). The molecular weight excluding hydrogens is 295 g/mol. The fourth-order valence-electron chi connectivity index (χ4n) is 1.70. The molecule has 0 spiro atoms. The van der Waals surface area contributed by atoms with E-state index in [1.54, 1.807) is 30.0 Å². The van der Waals surface area contributed by atoms with Crippen molar-refractivity contribution in [2.24, 2.45) is 0 Å². The van der Waals surface area contributed by atoms with E-state index in [9.17, 15) is 9.18 Å². The summed E-state index contributed by atoms with van der Waals surface area (Å²) in [7, 11) is 0. The highest BCUT2D eigenvalue weighted by atomic mass is 32.2. The van der Waals surface area contributed by atoms with Crippen molar-refractivity contribution < 1.29 is 9.18 Å². The van der Waals surface area contributed by atoms with Gasteiger partial charge in [0.25, 0.3) is 0 Å². The highest BCUT2D eigenvalue weighted by Gasteiger charge is 2.11. The molecule has 0 unspecified atom stereocenters. The minimum absolute atomic E-state index is 0.118. The summed E-state index contributed by atoms with van der Waals surface area (Å²) in [5, 5.41) is 2.74. The average molecular weight is 310 g/mol. The zero-order valence-electron chi connectivity index (χ0n) is 11.3. The lowest BCUT2D eigenvalue weighted by Crippen LogP contribution is -2.24. The van der Waals surface area contributed by atoms with E-state index in [1.807, 2.05) is 13.2 Å². The van der Waals surface area contributed by atoms with Crippen molar-refractivity contribution in [1.82, 2.24) is 10.3 Å². The number of amides is 1. The number of carbonyl (C=O) groups is 1. The molecule has 0 saturated carbocycles. The van der Waals surface area contributed by atoms with Crippen molar-refractivity contribution >= 4 is 29.0 Å². The van der Waals surface area contributed by atoms with E-state index in [4.69, 9.17) is 0 Å². The minimum Gasteiger partial charge on any atom is -0.352 e. The van der Waals surface area contributed by atoms with Crippen LogP contribution < -0.4 is 5.32 Å². The second-order valence-corrected chi connectivity index (χ2v) is 6.37. The Kier molecular flexibility index (Phi) is 5.14. The van der Waals surface area contributed by atoms with Crippen LogP contribution in [0, 0.1) is 12.7 Å². The van der Waals surface area contributed by atoms with Crippen LogP contribution in [-0.4, -0.2) is 17.1 Å². The van der Waals surface area contributed by atoms with Gasteiger partial charge in [0.1, 0.15) is 10.2 Å². The summed E-state index contributed by atoms with van der Waals surface area (Å²) in [6, 6.07) is 6.44. The summed E-state index contributed by atoms with van der Waals surface area (Å²) in [4.78, 5) is 17.2. The van der Waals surface area contributed by atoms with E-state index in [1.165, 1.54) is 17.4 Å². The lowest BCUT2D eigenvalue weighted by molar-refractivity contribution is -0.120. The molecule has 1 N–H and O–H groups in total. The summed E-state index contributed by atoms with van der Waals surface area (Å²) in [6.07, 6.45) is 2.25.